The molecule has 0 heterocycles. The highest BCUT2D eigenvalue weighted by Crippen LogP contribution is 2.29. The average molecular weight is 430 g/mol. The molecule has 2 aromatic carbocycles. The minimum absolute atomic E-state index is 0.141. The number of benzene rings is 2. The van der Waals surface area contributed by atoms with Gasteiger partial charge in [0.25, 0.3) is 0 Å². The van der Waals surface area contributed by atoms with Gasteiger partial charge in [-0.3, -0.25) is 4.79 Å². The zero-order valence-corrected chi connectivity index (χ0v) is 19.4. The molecule has 0 radical (unpaired) electrons. The van der Waals surface area contributed by atoms with Gasteiger partial charge in [0.15, 0.2) is 28.8 Å². The van der Waals surface area contributed by atoms with Crippen molar-refractivity contribution in [2.24, 2.45) is 0 Å². The molecule has 0 aliphatic heterocycles. The number of unbranched alkanes of at least 4 members (excludes halogenated alkanes) is 2. The minimum atomic E-state index is 0.141. The van der Waals surface area contributed by atoms with E-state index in [0.717, 1.165) is 50.3 Å². The zero-order chi connectivity index (χ0) is 22.6. The highest BCUT2D eigenvalue weighted by atomic mass is 16.5. The van der Waals surface area contributed by atoms with Crippen LogP contribution in [0.25, 0.3) is 0 Å². The van der Waals surface area contributed by atoms with Crippen molar-refractivity contribution in [2.45, 2.75) is 32.1 Å². The summed E-state index contributed by atoms with van der Waals surface area (Å²) >= 11 is 0. The number of methoxy groups -OCH3 is 4. The normalized spacial score (nSPS) is 10.8. The second kappa shape index (κ2) is 12.8. The monoisotopic (exact) mass is 429 g/mol. The molecule has 0 amide bonds. The van der Waals surface area contributed by atoms with Gasteiger partial charge in [0.2, 0.25) is 0 Å². The Morgan fingerprint density at radius 2 is 1.35 bits per heavy atom. The van der Waals surface area contributed by atoms with Crippen LogP contribution in [0.5, 0.6) is 23.0 Å². The van der Waals surface area contributed by atoms with Crippen molar-refractivity contribution in [1.82, 2.24) is 4.90 Å². The van der Waals surface area contributed by atoms with Crippen LogP contribution in [-0.2, 0) is 6.42 Å². The third-order valence-electron chi connectivity index (χ3n) is 5.38. The molecule has 0 atom stereocenters. The van der Waals surface area contributed by atoms with Gasteiger partial charge < -0.3 is 23.8 Å². The first kappa shape index (κ1) is 24.5. The van der Waals surface area contributed by atoms with Gasteiger partial charge in [0, 0.05) is 18.5 Å². The first-order chi connectivity index (χ1) is 15.0. The number of rotatable bonds is 14. The van der Waals surface area contributed by atoms with Gasteiger partial charge in [-0.15, -0.1) is 0 Å². The first-order valence-electron chi connectivity index (χ1n) is 10.7. The second-order valence-corrected chi connectivity index (χ2v) is 7.55. The maximum absolute atomic E-state index is 12.4. The van der Waals surface area contributed by atoms with E-state index < -0.39 is 0 Å². The van der Waals surface area contributed by atoms with Gasteiger partial charge in [-0.2, -0.15) is 0 Å². The van der Waals surface area contributed by atoms with E-state index in [4.69, 9.17) is 18.9 Å². The van der Waals surface area contributed by atoms with E-state index >= 15 is 0 Å². The molecule has 0 aromatic heterocycles. The number of hydrogen-bond acceptors (Lipinski definition) is 6. The molecule has 2 rings (SSSR count). The van der Waals surface area contributed by atoms with Gasteiger partial charge >= 0.3 is 0 Å². The van der Waals surface area contributed by atoms with Crippen LogP contribution in [0, 0.1) is 0 Å². The van der Waals surface area contributed by atoms with E-state index in [2.05, 4.69) is 18.0 Å². The topological polar surface area (TPSA) is 57.2 Å². The van der Waals surface area contributed by atoms with Crippen molar-refractivity contribution in [3.63, 3.8) is 0 Å². The maximum Gasteiger partial charge on any atom is 0.163 e. The zero-order valence-electron chi connectivity index (χ0n) is 19.4. The van der Waals surface area contributed by atoms with E-state index in [1.165, 1.54) is 5.56 Å². The fourth-order valence-electron chi connectivity index (χ4n) is 3.47. The highest BCUT2D eigenvalue weighted by Gasteiger charge is 2.11. The van der Waals surface area contributed by atoms with Crippen molar-refractivity contribution in [2.75, 3.05) is 48.6 Å². The lowest BCUT2D eigenvalue weighted by molar-refractivity contribution is 0.0978. The van der Waals surface area contributed by atoms with Gasteiger partial charge in [-0.1, -0.05) is 12.5 Å². The predicted molar refractivity (Wildman–Crippen MR) is 123 cm³/mol. The van der Waals surface area contributed by atoms with Crippen LogP contribution in [0.2, 0.25) is 0 Å². The fourth-order valence-corrected chi connectivity index (χ4v) is 3.47. The fraction of sp³-hybridized carbons (Fsp3) is 0.480. The third-order valence-corrected chi connectivity index (χ3v) is 5.38. The Kier molecular flexibility index (Phi) is 10.2. The van der Waals surface area contributed by atoms with Crippen molar-refractivity contribution in [1.29, 1.82) is 0 Å². The quantitative estimate of drug-likeness (QED) is 0.322. The van der Waals surface area contributed by atoms with Crippen LogP contribution < -0.4 is 18.9 Å². The van der Waals surface area contributed by atoms with E-state index in [9.17, 15) is 4.79 Å². The summed E-state index contributed by atoms with van der Waals surface area (Å²) in [6.45, 7) is 1.98. The van der Waals surface area contributed by atoms with Crippen LogP contribution in [0.1, 0.15) is 41.6 Å². The lowest BCUT2D eigenvalue weighted by atomic mass is 10.0. The number of carbonyl (C=O) groups is 1. The second-order valence-electron chi connectivity index (χ2n) is 7.55. The summed E-state index contributed by atoms with van der Waals surface area (Å²) in [5, 5.41) is 0. The summed E-state index contributed by atoms with van der Waals surface area (Å²) in [6, 6.07) is 11.4. The molecule has 0 saturated carbocycles. The van der Waals surface area contributed by atoms with Crippen LogP contribution in [-0.4, -0.2) is 59.3 Å². The van der Waals surface area contributed by atoms with Crippen molar-refractivity contribution < 1.29 is 23.7 Å². The number of Topliss-reactive ketones (excluding diaryl/α,β-unsaturated/α-hetero) is 1. The molecular weight excluding hydrogens is 394 g/mol. The smallest absolute Gasteiger partial charge is 0.163 e. The maximum atomic E-state index is 12.4. The van der Waals surface area contributed by atoms with Crippen LogP contribution in [0.3, 0.4) is 0 Å². The average Bonchev–Trinajstić information content (AvgIpc) is 2.81. The number of carbonyl (C=O) groups excluding carboxylic acids is 1. The molecule has 6 heteroatoms. The predicted octanol–water partition coefficient (Wildman–Crippen LogP) is 4.64. The molecule has 0 spiro atoms. The Balaban J connectivity index is 1.68. The van der Waals surface area contributed by atoms with Gasteiger partial charge in [0.1, 0.15) is 0 Å². The largest absolute Gasteiger partial charge is 0.493 e. The number of likely N-dealkylation sites (N-methyl/N-ethyl adjacent to an activating group) is 1. The lowest BCUT2D eigenvalue weighted by Gasteiger charge is -2.17. The summed E-state index contributed by atoms with van der Waals surface area (Å²) in [5.74, 6) is 2.88. The Bertz CT molecular complexity index is 837. The van der Waals surface area contributed by atoms with Gasteiger partial charge in [0.05, 0.1) is 28.4 Å². The van der Waals surface area contributed by atoms with E-state index in [1.54, 1.807) is 46.6 Å². The standard InChI is InChI=1S/C25H35NO5/c1-26(16-14-19-10-12-22(28-2)24(17-19)30-4)15-8-6-7-9-21(27)20-11-13-23(29-3)25(18-20)31-5/h10-13,17-18H,6-9,14-16H2,1-5H3. The molecule has 0 aliphatic carbocycles. The molecule has 0 unspecified atom stereocenters. The molecule has 0 bridgehead atoms. The summed E-state index contributed by atoms with van der Waals surface area (Å²) in [5.41, 5.74) is 1.90. The van der Waals surface area contributed by atoms with Gasteiger partial charge in [-0.05, 0) is 68.8 Å². The molecule has 2 aromatic rings. The summed E-state index contributed by atoms with van der Waals surface area (Å²) in [7, 11) is 8.60. The molecular formula is C25H35NO5. The van der Waals surface area contributed by atoms with Gasteiger partial charge in [-0.25, -0.2) is 0 Å². The van der Waals surface area contributed by atoms with Crippen LogP contribution >= 0.6 is 0 Å². The van der Waals surface area contributed by atoms with Crippen molar-refractivity contribution >= 4 is 5.78 Å². The molecule has 0 fully saturated rings. The molecule has 6 nitrogen and oxygen atoms in total. The molecule has 0 N–H and O–H groups in total. The SMILES string of the molecule is COc1ccc(CCN(C)CCCCCC(=O)c2ccc(OC)c(OC)c2)cc1OC. The number of nitrogens with zero attached hydrogens (tertiary/aromatic N) is 1. The third kappa shape index (κ3) is 7.47. The van der Waals surface area contributed by atoms with Crippen molar-refractivity contribution in [3.8, 4) is 23.0 Å². The van der Waals surface area contributed by atoms with Crippen molar-refractivity contribution in [3.05, 3.63) is 47.5 Å². The number of ether oxygens (including phenoxy) is 4. The van der Waals surface area contributed by atoms with E-state index in [1.807, 2.05) is 12.1 Å². The Labute approximate surface area is 186 Å². The number of hydrogen-bond donors (Lipinski definition) is 0. The Hall–Kier alpha value is -2.73. The van der Waals surface area contributed by atoms with Crippen LogP contribution in [0.4, 0.5) is 0 Å². The Morgan fingerprint density at radius 3 is 2.00 bits per heavy atom. The van der Waals surface area contributed by atoms with E-state index in [0.29, 0.717) is 23.5 Å². The van der Waals surface area contributed by atoms with E-state index in [-0.39, 0.29) is 5.78 Å². The summed E-state index contributed by atoms with van der Waals surface area (Å²) in [6.07, 6.45) is 4.48. The molecule has 0 saturated heterocycles. The lowest BCUT2D eigenvalue weighted by Crippen LogP contribution is -2.22. The highest BCUT2D eigenvalue weighted by molar-refractivity contribution is 5.96. The Morgan fingerprint density at radius 1 is 0.742 bits per heavy atom. The molecule has 31 heavy (non-hydrogen) atoms. The molecule has 0 aliphatic rings. The van der Waals surface area contributed by atoms with Crippen LogP contribution in [0.15, 0.2) is 36.4 Å². The molecule has 170 valence electrons. The minimum Gasteiger partial charge on any atom is -0.493 e. The number of ketones is 1. The first-order valence-corrected chi connectivity index (χ1v) is 10.7. The summed E-state index contributed by atoms with van der Waals surface area (Å²) < 4.78 is 21.2. The summed E-state index contributed by atoms with van der Waals surface area (Å²) in [4.78, 5) is 14.8.